The van der Waals surface area contributed by atoms with Crippen molar-refractivity contribution < 1.29 is 0 Å². The van der Waals surface area contributed by atoms with Crippen LogP contribution in [0.2, 0.25) is 0 Å². The number of pyridine rings is 1. The molecule has 0 spiro atoms. The van der Waals surface area contributed by atoms with Crippen LogP contribution in [0, 0.1) is 6.92 Å². The van der Waals surface area contributed by atoms with Crippen molar-refractivity contribution in [2.75, 3.05) is 19.6 Å². The highest BCUT2D eigenvalue weighted by Crippen LogP contribution is 2.18. The number of hydrogen-bond donors (Lipinski definition) is 2. The molecule has 0 amide bonds. The number of aromatic nitrogens is 3. The van der Waals surface area contributed by atoms with Crippen LogP contribution in [0.4, 0.5) is 0 Å². The van der Waals surface area contributed by atoms with Crippen molar-refractivity contribution in [3.05, 3.63) is 34.2 Å². The van der Waals surface area contributed by atoms with Crippen LogP contribution < -0.4 is 16.2 Å². The van der Waals surface area contributed by atoms with Crippen LogP contribution in [0.1, 0.15) is 44.2 Å². The molecule has 2 N–H and O–H groups in total. The first-order valence-electron chi connectivity index (χ1n) is 10.00. The first-order chi connectivity index (χ1) is 12.8. The van der Waals surface area contributed by atoms with Crippen molar-refractivity contribution in [2.24, 2.45) is 0 Å². The standard InChI is InChI=1S/C20H29N5O.3ClH/c1-15-19-20(26)24(18-10-6-9-17(23-15)25(18)19)14-5-4-11-21-12-13-22-16-7-2-3-8-16;;;/h6,9-10,16,21-22H,2-5,7-8,11-14H2,1H3;3*1H. The number of rotatable bonds is 9. The summed E-state index contributed by atoms with van der Waals surface area (Å²) in [7, 11) is 0. The van der Waals surface area contributed by atoms with Crippen LogP contribution in [0.3, 0.4) is 0 Å². The van der Waals surface area contributed by atoms with Crippen molar-refractivity contribution in [1.29, 1.82) is 0 Å². The Hall–Kier alpha value is -1.05. The van der Waals surface area contributed by atoms with Crippen LogP contribution in [0.25, 0.3) is 16.8 Å². The number of aryl methyl sites for hydroxylation is 2. The van der Waals surface area contributed by atoms with Gasteiger partial charge in [0.1, 0.15) is 16.8 Å². The Morgan fingerprint density at radius 2 is 1.83 bits per heavy atom. The van der Waals surface area contributed by atoms with Gasteiger partial charge in [0.05, 0.1) is 5.69 Å². The normalized spacial score (nSPS) is 14.1. The van der Waals surface area contributed by atoms with E-state index in [0.29, 0.717) is 0 Å². The zero-order chi connectivity index (χ0) is 17.9. The summed E-state index contributed by atoms with van der Waals surface area (Å²) in [5.41, 5.74) is 3.46. The maximum absolute atomic E-state index is 12.7. The monoisotopic (exact) mass is 463 g/mol. The Morgan fingerprint density at radius 1 is 1.07 bits per heavy atom. The van der Waals surface area contributed by atoms with Crippen molar-refractivity contribution in [3.63, 3.8) is 0 Å². The maximum Gasteiger partial charge on any atom is 0.278 e. The molecule has 1 saturated carbocycles. The Balaban J connectivity index is 0.00000140. The van der Waals surface area contributed by atoms with Crippen molar-refractivity contribution in [1.82, 2.24) is 24.6 Å². The second-order valence-electron chi connectivity index (χ2n) is 7.47. The van der Waals surface area contributed by atoms with Gasteiger partial charge in [0.25, 0.3) is 5.56 Å². The molecule has 0 aliphatic heterocycles. The van der Waals surface area contributed by atoms with Crippen molar-refractivity contribution in [3.8, 4) is 0 Å². The molecule has 1 aliphatic carbocycles. The van der Waals surface area contributed by atoms with Crippen LogP contribution in [0.15, 0.2) is 23.0 Å². The van der Waals surface area contributed by atoms with E-state index in [9.17, 15) is 4.79 Å². The van der Waals surface area contributed by atoms with Gasteiger partial charge in [0.2, 0.25) is 0 Å². The molecule has 164 valence electrons. The minimum atomic E-state index is 0. The summed E-state index contributed by atoms with van der Waals surface area (Å²) in [5, 5.41) is 7.13. The molecule has 6 nitrogen and oxygen atoms in total. The lowest BCUT2D eigenvalue weighted by molar-refractivity contribution is 0.500. The molecule has 0 atom stereocenters. The van der Waals surface area contributed by atoms with E-state index in [2.05, 4.69) is 15.6 Å². The molecule has 3 aromatic rings. The third kappa shape index (κ3) is 5.56. The number of imidazole rings is 2. The number of nitrogens with zero attached hydrogens (tertiary/aromatic N) is 3. The molecule has 3 heterocycles. The van der Waals surface area contributed by atoms with Gasteiger partial charge in [-0.1, -0.05) is 18.9 Å². The van der Waals surface area contributed by atoms with Gasteiger partial charge in [-0.2, -0.15) is 0 Å². The van der Waals surface area contributed by atoms with Crippen LogP contribution in [0.5, 0.6) is 0 Å². The van der Waals surface area contributed by atoms with Gasteiger partial charge < -0.3 is 10.6 Å². The summed E-state index contributed by atoms with van der Waals surface area (Å²) >= 11 is 0. The van der Waals surface area contributed by atoms with Gasteiger partial charge >= 0.3 is 0 Å². The highest BCUT2D eigenvalue weighted by Gasteiger charge is 2.17. The molecule has 1 fully saturated rings. The summed E-state index contributed by atoms with van der Waals surface area (Å²) in [4.78, 5) is 17.2. The second-order valence-corrected chi connectivity index (χ2v) is 7.47. The van der Waals surface area contributed by atoms with Crippen LogP contribution in [-0.4, -0.2) is 39.6 Å². The van der Waals surface area contributed by atoms with Crippen LogP contribution >= 0.6 is 37.2 Å². The molecule has 1 aliphatic rings. The predicted molar refractivity (Wildman–Crippen MR) is 127 cm³/mol. The fraction of sp³-hybridized carbons (Fsp3) is 0.600. The molecule has 0 unspecified atom stereocenters. The Kier molecular flexibility index (Phi) is 10.7. The van der Waals surface area contributed by atoms with Gasteiger partial charge in [-0.3, -0.25) is 13.8 Å². The fourth-order valence-electron chi connectivity index (χ4n) is 4.24. The summed E-state index contributed by atoms with van der Waals surface area (Å²) < 4.78 is 3.89. The van der Waals surface area contributed by atoms with E-state index in [0.717, 1.165) is 67.6 Å². The molecular formula is C20H32Cl3N5O. The third-order valence-electron chi connectivity index (χ3n) is 5.60. The average molecular weight is 465 g/mol. The molecule has 0 saturated heterocycles. The molecule has 3 aromatic heterocycles. The zero-order valence-electron chi connectivity index (χ0n) is 16.9. The van der Waals surface area contributed by atoms with Crippen LogP contribution in [-0.2, 0) is 6.54 Å². The van der Waals surface area contributed by atoms with E-state index >= 15 is 0 Å². The molecule has 0 bridgehead atoms. The third-order valence-corrected chi connectivity index (χ3v) is 5.60. The van der Waals surface area contributed by atoms with Crippen molar-refractivity contribution >= 4 is 54.0 Å². The number of nitrogens with one attached hydrogen (secondary N) is 2. The van der Waals surface area contributed by atoms with Crippen molar-refractivity contribution in [2.45, 2.75) is 58.0 Å². The van der Waals surface area contributed by atoms with E-state index in [-0.39, 0.29) is 42.8 Å². The van der Waals surface area contributed by atoms with E-state index in [1.54, 1.807) is 0 Å². The molecule has 29 heavy (non-hydrogen) atoms. The van der Waals surface area contributed by atoms with Gasteiger partial charge in [-0.15, -0.1) is 37.2 Å². The Labute approximate surface area is 190 Å². The minimum Gasteiger partial charge on any atom is -0.315 e. The number of unbranched alkanes of at least 4 members (excludes halogenated alkanes) is 1. The smallest absolute Gasteiger partial charge is 0.278 e. The van der Waals surface area contributed by atoms with Gasteiger partial charge in [-0.05, 0) is 51.3 Å². The highest BCUT2D eigenvalue weighted by atomic mass is 35.5. The summed E-state index contributed by atoms with van der Waals surface area (Å²) in [6.45, 7) is 5.76. The minimum absolute atomic E-state index is 0. The Morgan fingerprint density at radius 3 is 2.59 bits per heavy atom. The van der Waals surface area contributed by atoms with E-state index in [1.807, 2.05) is 34.1 Å². The highest BCUT2D eigenvalue weighted by molar-refractivity contribution is 5.86. The van der Waals surface area contributed by atoms with E-state index in [1.165, 1.54) is 25.7 Å². The van der Waals surface area contributed by atoms with Gasteiger partial charge in [-0.25, -0.2) is 4.98 Å². The lowest BCUT2D eigenvalue weighted by atomic mass is 10.2. The summed E-state index contributed by atoms with van der Waals surface area (Å²) in [6, 6.07) is 6.69. The first kappa shape index (κ1) is 26.0. The predicted octanol–water partition coefficient (Wildman–Crippen LogP) is 3.56. The lowest BCUT2D eigenvalue weighted by Crippen LogP contribution is -2.33. The van der Waals surface area contributed by atoms with E-state index in [4.69, 9.17) is 0 Å². The topological polar surface area (TPSA) is 63.4 Å². The first-order valence-corrected chi connectivity index (χ1v) is 10.00. The lowest BCUT2D eigenvalue weighted by Gasteiger charge is -2.12. The quantitative estimate of drug-likeness (QED) is 0.475. The van der Waals surface area contributed by atoms with Gasteiger partial charge in [0, 0.05) is 25.7 Å². The van der Waals surface area contributed by atoms with E-state index < -0.39 is 0 Å². The largest absolute Gasteiger partial charge is 0.315 e. The zero-order valence-corrected chi connectivity index (χ0v) is 19.3. The average Bonchev–Trinajstić information content (AvgIpc) is 3.32. The molecule has 0 aromatic carbocycles. The molecule has 9 heteroatoms. The fourth-order valence-corrected chi connectivity index (χ4v) is 4.24. The summed E-state index contributed by atoms with van der Waals surface area (Å²) in [6.07, 6.45) is 7.53. The Bertz CT molecular complexity index is 920. The SMILES string of the molecule is Cc1nc2cccc3n(CCCCNCCNC4CCCC4)c(=O)c1n23.Cl.Cl.Cl. The number of hydrogen-bond acceptors (Lipinski definition) is 4. The molecule has 0 radical (unpaired) electrons. The summed E-state index contributed by atoms with van der Waals surface area (Å²) in [5.74, 6) is 0. The maximum atomic E-state index is 12.7. The molecular weight excluding hydrogens is 433 g/mol. The number of halogens is 3. The molecule has 4 rings (SSSR count). The van der Waals surface area contributed by atoms with Gasteiger partial charge in [0.15, 0.2) is 0 Å². The second kappa shape index (κ2) is 12.0.